The van der Waals surface area contributed by atoms with E-state index in [1.165, 1.54) is 5.56 Å². The molecule has 0 radical (unpaired) electrons. The second-order valence-corrected chi connectivity index (χ2v) is 6.87. The van der Waals surface area contributed by atoms with Gasteiger partial charge in [0.05, 0.1) is 0 Å². The first-order valence-electron chi connectivity index (χ1n) is 7.35. The van der Waals surface area contributed by atoms with Gasteiger partial charge in [0.2, 0.25) is 0 Å². The monoisotopic (exact) mass is 340 g/mol. The minimum atomic E-state index is 0.669. The van der Waals surface area contributed by atoms with E-state index in [9.17, 15) is 0 Å². The van der Waals surface area contributed by atoms with Crippen molar-refractivity contribution in [1.82, 2.24) is 15.2 Å². The van der Waals surface area contributed by atoms with Crippen LogP contribution < -0.4 is 10.2 Å². The Hall–Kier alpha value is -0.650. The van der Waals surface area contributed by atoms with Crippen molar-refractivity contribution < 1.29 is 0 Å². The molecule has 0 saturated carbocycles. The average Bonchev–Trinajstić information content (AvgIpc) is 2.40. The van der Waals surface area contributed by atoms with E-state index in [-0.39, 0.29) is 0 Å². The summed E-state index contributed by atoms with van der Waals surface area (Å²) >= 11 is 3.53. The van der Waals surface area contributed by atoms with Crippen LogP contribution in [-0.4, -0.2) is 49.7 Å². The summed E-state index contributed by atoms with van der Waals surface area (Å²) < 4.78 is 1.05. The minimum Gasteiger partial charge on any atom is -0.354 e. The van der Waals surface area contributed by atoms with Gasteiger partial charge in [-0.1, -0.05) is 13.8 Å². The molecule has 20 heavy (non-hydrogen) atoms. The van der Waals surface area contributed by atoms with Gasteiger partial charge in [0.1, 0.15) is 5.82 Å². The molecule has 1 aliphatic heterocycles. The van der Waals surface area contributed by atoms with E-state index in [4.69, 9.17) is 0 Å². The van der Waals surface area contributed by atoms with E-state index >= 15 is 0 Å². The Balaban J connectivity index is 2.07. The smallest absolute Gasteiger partial charge is 0.133 e. The maximum absolute atomic E-state index is 4.65. The summed E-state index contributed by atoms with van der Waals surface area (Å²) in [6.07, 6.45) is 1.90. The zero-order valence-corrected chi connectivity index (χ0v) is 14.3. The molecule has 4 nitrogen and oxygen atoms in total. The SMILES string of the molecule is CC(C)CNCc1cc(Br)cnc1N1CCN(C)CC1. The number of hydrogen-bond acceptors (Lipinski definition) is 4. The van der Waals surface area contributed by atoms with Crippen LogP contribution in [0.3, 0.4) is 0 Å². The predicted octanol–water partition coefficient (Wildman–Crippen LogP) is 2.34. The van der Waals surface area contributed by atoms with Crippen LogP contribution in [0.1, 0.15) is 19.4 Å². The van der Waals surface area contributed by atoms with Crippen LogP contribution in [-0.2, 0) is 6.54 Å². The molecule has 0 aliphatic carbocycles. The largest absolute Gasteiger partial charge is 0.354 e. The van der Waals surface area contributed by atoms with Crippen molar-refractivity contribution in [3.63, 3.8) is 0 Å². The van der Waals surface area contributed by atoms with Gasteiger partial charge in [-0.15, -0.1) is 0 Å². The molecule has 2 rings (SSSR count). The normalized spacial score (nSPS) is 16.9. The number of nitrogens with one attached hydrogen (secondary N) is 1. The number of hydrogen-bond donors (Lipinski definition) is 1. The third-order valence-corrected chi connectivity index (χ3v) is 4.01. The minimum absolute atomic E-state index is 0.669. The van der Waals surface area contributed by atoms with E-state index in [1.807, 2.05) is 6.20 Å². The Morgan fingerprint density at radius 2 is 2.00 bits per heavy atom. The maximum Gasteiger partial charge on any atom is 0.133 e. The number of nitrogens with zero attached hydrogens (tertiary/aromatic N) is 3. The van der Waals surface area contributed by atoms with Crippen LogP contribution in [0, 0.1) is 5.92 Å². The van der Waals surface area contributed by atoms with E-state index in [1.54, 1.807) is 0 Å². The van der Waals surface area contributed by atoms with Gasteiger partial charge in [-0.25, -0.2) is 4.98 Å². The molecular formula is C15H25BrN4. The quantitative estimate of drug-likeness (QED) is 0.891. The highest BCUT2D eigenvalue weighted by Gasteiger charge is 2.18. The van der Waals surface area contributed by atoms with Crippen molar-refractivity contribution in [2.24, 2.45) is 5.92 Å². The second-order valence-electron chi connectivity index (χ2n) is 5.95. The molecule has 2 heterocycles. The molecule has 0 amide bonds. The third kappa shape index (κ3) is 4.43. The molecule has 0 unspecified atom stereocenters. The van der Waals surface area contributed by atoms with Gasteiger partial charge in [0, 0.05) is 49.0 Å². The van der Waals surface area contributed by atoms with Gasteiger partial charge >= 0.3 is 0 Å². The molecule has 0 bridgehead atoms. The summed E-state index contributed by atoms with van der Waals surface area (Å²) in [5, 5.41) is 3.52. The summed E-state index contributed by atoms with van der Waals surface area (Å²) in [6, 6.07) is 2.19. The second kappa shape index (κ2) is 7.38. The fourth-order valence-corrected chi connectivity index (χ4v) is 2.78. The van der Waals surface area contributed by atoms with Gasteiger partial charge < -0.3 is 15.1 Å². The topological polar surface area (TPSA) is 31.4 Å². The number of piperazine rings is 1. The molecular weight excluding hydrogens is 316 g/mol. The molecule has 0 atom stereocenters. The van der Waals surface area contributed by atoms with E-state index in [0.29, 0.717) is 5.92 Å². The van der Waals surface area contributed by atoms with Crippen LogP contribution in [0.15, 0.2) is 16.7 Å². The van der Waals surface area contributed by atoms with Gasteiger partial charge in [-0.05, 0) is 41.5 Å². The van der Waals surface area contributed by atoms with Gasteiger partial charge in [-0.3, -0.25) is 0 Å². The first kappa shape index (κ1) is 15.7. The zero-order chi connectivity index (χ0) is 14.5. The number of pyridine rings is 1. The third-order valence-electron chi connectivity index (χ3n) is 3.58. The zero-order valence-electron chi connectivity index (χ0n) is 12.7. The molecule has 112 valence electrons. The number of halogens is 1. The lowest BCUT2D eigenvalue weighted by molar-refractivity contribution is 0.311. The molecule has 1 aliphatic rings. The lowest BCUT2D eigenvalue weighted by Gasteiger charge is -2.34. The van der Waals surface area contributed by atoms with Crippen LogP contribution in [0.4, 0.5) is 5.82 Å². The fraction of sp³-hybridized carbons (Fsp3) is 0.667. The first-order chi connectivity index (χ1) is 9.56. The number of anilines is 1. The Morgan fingerprint density at radius 3 is 2.65 bits per heavy atom. The fourth-order valence-electron chi connectivity index (χ4n) is 2.40. The number of rotatable bonds is 5. The maximum atomic E-state index is 4.65. The number of aromatic nitrogens is 1. The Bertz CT molecular complexity index is 428. The Morgan fingerprint density at radius 1 is 1.30 bits per heavy atom. The summed E-state index contributed by atoms with van der Waals surface area (Å²) in [4.78, 5) is 9.41. The first-order valence-corrected chi connectivity index (χ1v) is 8.14. The highest BCUT2D eigenvalue weighted by atomic mass is 79.9. The van der Waals surface area contributed by atoms with Crippen LogP contribution in [0.25, 0.3) is 0 Å². The predicted molar refractivity (Wildman–Crippen MR) is 88.2 cm³/mol. The molecule has 1 saturated heterocycles. The Kier molecular flexibility index (Phi) is 5.81. The molecule has 1 aromatic heterocycles. The standard InChI is InChI=1S/C15H25BrN4/c1-12(2)9-17-10-13-8-14(16)11-18-15(13)20-6-4-19(3)5-7-20/h8,11-12,17H,4-7,9-10H2,1-3H3. The molecule has 1 aromatic rings. The van der Waals surface area contributed by atoms with E-state index < -0.39 is 0 Å². The molecule has 0 spiro atoms. The lowest BCUT2D eigenvalue weighted by atomic mass is 10.2. The average molecular weight is 341 g/mol. The van der Waals surface area contributed by atoms with Crippen molar-refractivity contribution in [2.75, 3.05) is 44.7 Å². The van der Waals surface area contributed by atoms with Crippen molar-refractivity contribution in [3.8, 4) is 0 Å². The van der Waals surface area contributed by atoms with Crippen molar-refractivity contribution >= 4 is 21.7 Å². The Labute approximate surface area is 130 Å². The van der Waals surface area contributed by atoms with Crippen LogP contribution in [0.5, 0.6) is 0 Å². The van der Waals surface area contributed by atoms with Gasteiger partial charge in [0.15, 0.2) is 0 Å². The lowest BCUT2D eigenvalue weighted by Crippen LogP contribution is -2.45. The highest BCUT2D eigenvalue weighted by molar-refractivity contribution is 9.10. The van der Waals surface area contributed by atoms with Crippen LogP contribution >= 0.6 is 15.9 Å². The van der Waals surface area contributed by atoms with E-state index in [2.05, 4.69) is 63.0 Å². The van der Waals surface area contributed by atoms with Crippen molar-refractivity contribution in [3.05, 3.63) is 22.3 Å². The molecule has 1 N–H and O–H groups in total. The number of likely N-dealkylation sites (N-methyl/N-ethyl adjacent to an activating group) is 1. The molecule has 5 heteroatoms. The summed E-state index contributed by atoms with van der Waals surface area (Å²) in [6.45, 7) is 10.7. The van der Waals surface area contributed by atoms with Crippen LogP contribution in [0.2, 0.25) is 0 Å². The van der Waals surface area contributed by atoms with Gasteiger partial charge in [-0.2, -0.15) is 0 Å². The summed E-state index contributed by atoms with van der Waals surface area (Å²) in [5.41, 5.74) is 1.28. The summed E-state index contributed by atoms with van der Waals surface area (Å²) in [7, 11) is 2.18. The van der Waals surface area contributed by atoms with Gasteiger partial charge in [0.25, 0.3) is 0 Å². The van der Waals surface area contributed by atoms with Crippen molar-refractivity contribution in [1.29, 1.82) is 0 Å². The van der Waals surface area contributed by atoms with Crippen molar-refractivity contribution in [2.45, 2.75) is 20.4 Å². The summed E-state index contributed by atoms with van der Waals surface area (Å²) in [5.74, 6) is 1.81. The molecule has 1 fully saturated rings. The molecule has 0 aromatic carbocycles. The highest BCUT2D eigenvalue weighted by Crippen LogP contribution is 2.22. The van der Waals surface area contributed by atoms with E-state index in [0.717, 1.165) is 49.6 Å².